The van der Waals surface area contributed by atoms with Crippen LogP contribution in [0.25, 0.3) is 0 Å². The number of ether oxygens (including phenoxy) is 1. The number of alkyl carbamates (subject to hydrolysis) is 1. The summed E-state index contributed by atoms with van der Waals surface area (Å²) in [5.41, 5.74) is 1.55. The highest BCUT2D eigenvalue weighted by molar-refractivity contribution is 6.00. The first-order valence-electron chi connectivity index (χ1n) is 8.70. The lowest BCUT2D eigenvalue weighted by atomic mass is 10.1. The summed E-state index contributed by atoms with van der Waals surface area (Å²) in [6, 6.07) is 7.38. The van der Waals surface area contributed by atoms with E-state index in [9.17, 15) is 9.59 Å². The Morgan fingerprint density at radius 3 is 2.67 bits per heavy atom. The summed E-state index contributed by atoms with van der Waals surface area (Å²) in [7, 11) is 0. The van der Waals surface area contributed by atoms with Crippen molar-refractivity contribution in [1.82, 2.24) is 5.32 Å². The number of nitrogens with zero attached hydrogens (tertiary/aromatic N) is 1. The van der Waals surface area contributed by atoms with Crippen LogP contribution >= 0.6 is 0 Å². The third kappa shape index (κ3) is 4.73. The molecular formula is C19H28N2O3. The SMILES string of the molecule is CCCC[C@H](NC(=O)OC(C)(C)C)C(=O)N1CCc2ccccc21. The minimum atomic E-state index is -0.581. The average molecular weight is 332 g/mol. The fraction of sp³-hybridized carbons (Fsp3) is 0.579. The molecule has 0 spiro atoms. The molecule has 1 heterocycles. The van der Waals surface area contributed by atoms with Crippen LogP contribution in [0, 0.1) is 0 Å². The van der Waals surface area contributed by atoms with Gasteiger partial charge in [-0.3, -0.25) is 4.79 Å². The molecule has 5 nitrogen and oxygen atoms in total. The van der Waals surface area contributed by atoms with Crippen LogP contribution in [0.15, 0.2) is 24.3 Å². The molecule has 2 amide bonds. The number of rotatable bonds is 5. The van der Waals surface area contributed by atoms with Crippen LogP contribution in [0.4, 0.5) is 10.5 Å². The molecule has 1 aromatic rings. The maximum absolute atomic E-state index is 13.0. The summed E-state index contributed by atoms with van der Waals surface area (Å²) in [6.07, 6.45) is 2.78. The van der Waals surface area contributed by atoms with Gasteiger partial charge < -0.3 is 15.0 Å². The lowest BCUT2D eigenvalue weighted by Crippen LogP contribution is -2.49. The Kier molecular flexibility index (Phi) is 5.86. The van der Waals surface area contributed by atoms with Gasteiger partial charge in [0.05, 0.1) is 0 Å². The second-order valence-electron chi connectivity index (χ2n) is 7.21. The average Bonchev–Trinajstić information content (AvgIpc) is 2.93. The fourth-order valence-electron chi connectivity index (χ4n) is 2.87. The lowest BCUT2D eigenvalue weighted by molar-refractivity contribution is -0.120. The second kappa shape index (κ2) is 7.69. The molecule has 2 rings (SSSR count). The van der Waals surface area contributed by atoms with Crippen LogP contribution in [-0.4, -0.2) is 30.2 Å². The number of unbranched alkanes of at least 4 members (excludes halogenated alkanes) is 1. The second-order valence-corrected chi connectivity index (χ2v) is 7.21. The van der Waals surface area contributed by atoms with E-state index in [-0.39, 0.29) is 5.91 Å². The third-order valence-electron chi connectivity index (χ3n) is 3.99. The number of fused-ring (bicyclic) bond motifs is 1. The number of para-hydroxylation sites is 1. The predicted octanol–water partition coefficient (Wildman–Crippen LogP) is 3.66. The quantitative estimate of drug-likeness (QED) is 0.895. The number of nitrogens with one attached hydrogen (secondary N) is 1. The van der Waals surface area contributed by atoms with Crippen molar-refractivity contribution in [3.63, 3.8) is 0 Å². The molecule has 0 saturated carbocycles. The van der Waals surface area contributed by atoms with Crippen LogP contribution in [0.3, 0.4) is 0 Å². The molecule has 132 valence electrons. The third-order valence-corrected chi connectivity index (χ3v) is 3.99. The van der Waals surface area contributed by atoms with E-state index < -0.39 is 17.7 Å². The molecule has 1 N–H and O–H groups in total. The van der Waals surface area contributed by atoms with E-state index in [1.165, 1.54) is 5.56 Å². The molecule has 1 aliphatic heterocycles. The van der Waals surface area contributed by atoms with Crippen molar-refractivity contribution in [3.8, 4) is 0 Å². The molecular weight excluding hydrogens is 304 g/mol. The Labute approximate surface area is 144 Å². The molecule has 1 aliphatic rings. The first-order valence-corrected chi connectivity index (χ1v) is 8.70. The van der Waals surface area contributed by atoms with Gasteiger partial charge in [0, 0.05) is 12.2 Å². The maximum Gasteiger partial charge on any atom is 0.408 e. The van der Waals surface area contributed by atoms with Crippen LogP contribution in [0.5, 0.6) is 0 Å². The van der Waals surface area contributed by atoms with E-state index in [1.807, 2.05) is 45.0 Å². The zero-order valence-corrected chi connectivity index (χ0v) is 15.1. The van der Waals surface area contributed by atoms with Crippen molar-refractivity contribution < 1.29 is 14.3 Å². The largest absolute Gasteiger partial charge is 0.444 e. The van der Waals surface area contributed by atoms with Crippen molar-refractivity contribution >= 4 is 17.7 Å². The number of anilines is 1. The number of carbonyl (C=O) groups excluding carboxylic acids is 2. The zero-order valence-electron chi connectivity index (χ0n) is 15.1. The molecule has 1 atom stereocenters. The zero-order chi connectivity index (χ0) is 17.7. The Balaban J connectivity index is 2.10. The van der Waals surface area contributed by atoms with E-state index >= 15 is 0 Å². The minimum absolute atomic E-state index is 0.0562. The molecule has 0 aromatic heterocycles. The van der Waals surface area contributed by atoms with Crippen molar-refractivity contribution in [1.29, 1.82) is 0 Å². The minimum Gasteiger partial charge on any atom is -0.444 e. The van der Waals surface area contributed by atoms with Gasteiger partial charge in [-0.25, -0.2) is 4.79 Å². The summed E-state index contributed by atoms with van der Waals surface area (Å²) < 4.78 is 5.31. The number of hydrogen-bond donors (Lipinski definition) is 1. The fourth-order valence-corrected chi connectivity index (χ4v) is 2.87. The van der Waals surface area contributed by atoms with Crippen molar-refractivity contribution in [2.24, 2.45) is 0 Å². The highest BCUT2D eigenvalue weighted by atomic mass is 16.6. The Morgan fingerprint density at radius 1 is 1.29 bits per heavy atom. The Morgan fingerprint density at radius 2 is 2.00 bits per heavy atom. The van der Waals surface area contributed by atoms with E-state index in [4.69, 9.17) is 4.74 Å². The van der Waals surface area contributed by atoms with Crippen LogP contribution in [-0.2, 0) is 16.0 Å². The van der Waals surface area contributed by atoms with Crippen molar-refractivity contribution in [3.05, 3.63) is 29.8 Å². The van der Waals surface area contributed by atoms with Gasteiger partial charge in [0.25, 0.3) is 0 Å². The molecule has 0 radical (unpaired) electrons. The first-order chi connectivity index (χ1) is 11.3. The first kappa shape index (κ1) is 18.3. The van der Waals surface area contributed by atoms with Gasteiger partial charge in [0.2, 0.25) is 5.91 Å². The van der Waals surface area contributed by atoms with Crippen LogP contribution in [0.2, 0.25) is 0 Å². The van der Waals surface area contributed by atoms with E-state index in [2.05, 4.69) is 12.2 Å². The number of amides is 2. The Hall–Kier alpha value is -2.04. The van der Waals surface area contributed by atoms with Gasteiger partial charge in [-0.2, -0.15) is 0 Å². The molecule has 0 aliphatic carbocycles. The Bertz CT molecular complexity index is 593. The molecule has 1 aromatic carbocycles. The van der Waals surface area contributed by atoms with Gasteiger partial charge >= 0.3 is 6.09 Å². The van der Waals surface area contributed by atoms with Crippen molar-refractivity contribution in [2.75, 3.05) is 11.4 Å². The highest BCUT2D eigenvalue weighted by Gasteiger charge is 2.31. The summed E-state index contributed by atoms with van der Waals surface area (Å²) in [6.45, 7) is 8.17. The molecule has 24 heavy (non-hydrogen) atoms. The van der Waals surface area contributed by atoms with Gasteiger partial charge in [0.1, 0.15) is 11.6 Å². The van der Waals surface area contributed by atoms with Crippen LogP contribution < -0.4 is 10.2 Å². The topological polar surface area (TPSA) is 58.6 Å². The molecule has 0 fully saturated rings. The van der Waals surface area contributed by atoms with Gasteiger partial charge in [-0.1, -0.05) is 38.0 Å². The monoisotopic (exact) mass is 332 g/mol. The summed E-state index contributed by atoms with van der Waals surface area (Å²) in [5.74, 6) is -0.0562. The van der Waals surface area contributed by atoms with E-state index in [0.717, 1.165) is 24.9 Å². The normalized spacial score (nSPS) is 14.9. The number of benzene rings is 1. The molecule has 5 heteroatoms. The van der Waals surface area contributed by atoms with Crippen LogP contribution in [0.1, 0.15) is 52.5 Å². The van der Waals surface area contributed by atoms with E-state index in [0.29, 0.717) is 13.0 Å². The van der Waals surface area contributed by atoms with Gasteiger partial charge in [0.15, 0.2) is 0 Å². The maximum atomic E-state index is 13.0. The number of hydrogen-bond acceptors (Lipinski definition) is 3. The number of carbonyl (C=O) groups is 2. The summed E-state index contributed by atoms with van der Waals surface area (Å²) in [5, 5.41) is 2.76. The standard InChI is InChI=1S/C19H28N2O3/c1-5-6-10-15(20-18(23)24-19(2,3)4)17(22)21-13-12-14-9-7-8-11-16(14)21/h7-9,11,15H,5-6,10,12-13H2,1-4H3,(H,20,23)/t15-/m0/s1. The predicted molar refractivity (Wildman–Crippen MR) is 95.2 cm³/mol. The lowest BCUT2D eigenvalue weighted by Gasteiger charge is -2.26. The highest BCUT2D eigenvalue weighted by Crippen LogP contribution is 2.28. The smallest absolute Gasteiger partial charge is 0.408 e. The van der Waals surface area contributed by atoms with Crippen molar-refractivity contribution in [2.45, 2.75) is 65.0 Å². The molecule has 0 unspecified atom stereocenters. The summed E-state index contributed by atoms with van der Waals surface area (Å²) >= 11 is 0. The van der Waals surface area contributed by atoms with Gasteiger partial charge in [-0.05, 0) is 45.2 Å². The van der Waals surface area contributed by atoms with E-state index in [1.54, 1.807) is 4.90 Å². The van der Waals surface area contributed by atoms with Gasteiger partial charge in [-0.15, -0.1) is 0 Å². The molecule has 0 saturated heterocycles. The molecule has 0 bridgehead atoms. The summed E-state index contributed by atoms with van der Waals surface area (Å²) in [4.78, 5) is 26.8.